The van der Waals surface area contributed by atoms with E-state index in [9.17, 15) is 5.11 Å². The van der Waals surface area contributed by atoms with Crippen LogP contribution in [0.25, 0.3) is 5.65 Å². The van der Waals surface area contributed by atoms with Gasteiger partial charge in [0.2, 0.25) is 0 Å². The number of hydrogen-bond acceptors (Lipinski definition) is 5. The number of pyridine rings is 1. The molecule has 0 aromatic carbocycles. The van der Waals surface area contributed by atoms with Crippen molar-refractivity contribution in [2.45, 2.75) is 32.4 Å². The van der Waals surface area contributed by atoms with E-state index in [4.69, 9.17) is 14.9 Å². The number of aromatic nitrogens is 2. The van der Waals surface area contributed by atoms with Crippen molar-refractivity contribution in [1.82, 2.24) is 14.3 Å². The Bertz CT molecular complexity index is 855. The summed E-state index contributed by atoms with van der Waals surface area (Å²) in [4.78, 5) is 16.6. The number of thiophene rings is 1. The van der Waals surface area contributed by atoms with Gasteiger partial charge >= 0.3 is 0 Å². The topological polar surface area (TPSA) is 78.1 Å². The van der Waals surface area contributed by atoms with Crippen molar-refractivity contribution >= 4 is 23.5 Å². The Morgan fingerprint density at radius 1 is 1.30 bits per heavy atom. The zero-order valence-electron chi connectivity index (χ0n) is 15.4. The van der Waals surface area contributed by atoms with Crippen LogP contribution in [0.5, 0.6) is 0 Å². The number of carbonyl (C=O) groups is 1. The smallest absolute Gasteiger partial charge is 0.290 e. The van der Waals surface area contributed by atoms with Crippen LogP contribution >= 0.6 is 11.3 Å². The first-order valence-electron chi connectivity index (χ1n) is 9.06. The number of likely N-dealkylation sites (tertiary alicyclic amines) is 1. The average molecular weight is 388 g/mol. The van der Waals surface area contributed by atoms with E-state index in [0.717, 1.165) is 48.7 Å². The van der Waals surface area contributed by atoms with Gasteiger partial charge in [0.1, 0.15) is 5.65 Å². The third-order valence-electron chi connectivity index (χ3n) is 4.95. The summed E-state index contributed by atoms with van der Waals surface area (Å²) in [7, 11) is 0. The molecule has 7 heteroatoms. The van der Waals surface area contributed by atoms with Gasteiger partial charge in [-0.25, -0.2) is 4.98 Å². The lowest BCUT2D eigenvalue weighted by Gasteiger charge is -2.33. The molecule has 144 valence electrons. The molecule has 27 heavy (non-hydrogen) atoms. The van der Waals surface area contributed by atoms with Crippen molar-refractivity contribution in [3.8, 4) is 0 Å². The molecule has 1 fully saturated rings. The molecule has 1 aliphatic heterocycles. The maximum Gasteiger partial charge on any atom is 0.290 e. The van der Waals surface area contributed by atoms with Gasteiger partial charge in [-0.1, -0.05) is 12.1 Å². The minimum atomic E-state index is -0.301. The van der Waals surface area contributed by atoms with E-state index in [1.165, 1.54) is 5.56 Å². The molecule has 6 nitrogen and oxygen atoms in total. The number of piperidine rings is 1. The predicted molar refractivity (Wildman–Crippen MR) is 106 cm³/mol. The molecule has 0 saturated carbocycles. The van der Waals surface area contributed by atoms with Crippen molar-refractivity contribution in [3.63, 3.8) is 0 Å². The largest absolute Gasteiger partial charge is 0.483 e. The van der Waals surface area contributed by atoms with E-state index in [1.54, 1.807) is 11.3 Å². The van der Waals surface area contributed by atoms with Gasteiger partial charge in [-0.2, -0.15) is 0 Å². The molecule has 2 N–H and O–H groups in total. The molecular weight excluding hydrogens is 362 g/mol. The summed E-state index contributed by atoms with van der Waals surface area (Å²) in [5, 5.41) is 19.4. The summed E-state index contributed by atoms with van der Waals surface area (Å²) in [5.74, 6) is 0.378. The quantitative estimate of drug-likeness (QED) is 0.671. The van der Waals surface area contributed by atoms with Crippen LogP contribution in [0.15, 0.2) is 42.0 Å². The highest BCUT2D eigenvalue weighted by atomic mass is 32.1. The maximum atomic E-state index is 10.5. The number of aliphatic hydroxyl groups is 1. The summed E-state index contributed by atoms with van der Waals surface area (Å²) in [6.07, 6.45) is 6.05. The van der Waals surface area contributed by atoms with E-state index in [0.29, 0.717) is 5.92 Å². The molecule has 0 radical (unpaired) electrons. The average Bonchev–Trinajstić information content (AvgIpc) is 3.31. The molecule has 3 aromatic rings. The third kappa shape index (κ3) is 4.94. The molecule has 4 heterocycles. The predicted octanol–water partition coefficient (Wildman–Crippen LogP) is 3.35. The highest BCUT2D eigenvalue weighted by molar-refractivity contribution is 7.10. The lowest BCUT2D eigenvalue weighted by Crippen LogP contribution is -2.35. The Kier molecular flexibility index (Phi) is 6.60. The highest BCUT2D eigenvalue weighted by Gasteiger charge is 2.27. The summed E-state index contributed by atoms with van der Waals surface area (Å²) < 4.78 is 2.11. The van der Waals surface area contributed by atoms with Crippen molar-refractivity contribution < 1.29 is 15.0 Å². The first-order valence-corrected chi connectivity index (χ1v) is 9.94. The zero-order valence-corrected chi connectivity index (χ0v) is 16.2. The van der Waals surface area contributed by atoms with Crippen LogP contribution in [0.3, 0.4) is 0 Å². The molecule has 1 unspecified atom stereocenters. The van der Waals surface area contributed by atoms with E-state index in [-0.39, 0.29) is 12.6 Å². The number of imidazole rings is 1. The van der Waals surface area contributed by atoms with E-state index in [1.807, 2.05) is 17.5 Å². The van der Waals surface area contributed by atoms with Crippen molar-refractivity contribution in [2.24, 2.45) is 5.92 Å². The zero-order chi connectivity index (χ0) is 19.2. The third-order valence-corrected chi connectivity index (χ3v) is 5.89. The summed E-state index contributed by atoms with van der Waals surface area (Å²) in [5.41, 5.74) is 3.38. The van der Waals surface area contributed by atoms with Gasteiger partial charge in [0.15, 0.2) is 0 Å². The van der Waals surface area contributed by atoms with Crippen molar-refractivity contribution in [2.75, 3.05) is 13.1 Å². The van der Waals surface area contributed by atoms with Gasteiger partial charge in [-0.3, -0.25) is 9.69 Å². The Hall–Kier alpha value is -2.22. The SMILES string of the molecule is Cc1ccc2nc(CN3CCC(C(O)c4cccs4)CC3)cn2c1.O=CO. The number of aliphatic hydroxyl groups excluding tert-OH is 1. The van der Waals surface area contributed by atoms with Crippen LogP contribution in [-0.2, 0) is 11.3 Å². The van der Waals surface area contributed by atoms with E-state index in [2.05, 4.69) is 40.8 Å². The first-order chi connectivity index (χ1) is 13.1. The van der Waals surface area contributed by atoms with Crippen LogP contribution in [0, 0.1) is 12.8 Å². The lowest BCUT2D eigenvalue weighted by molar-refractivity contribution is -0.122. The number of carboxylic acid groups (broad SMARTS) is 1. The number of fused-ring (bicyclic) bond motifs is 1. The van der Waals surface area contributed by atoms with Crippen molar-refractivity contribution in [1.29, 1.82) is 0 Å². The number of nitrogens with zero attached hydrogens (tertiary/aromatic N) is 3. The monoisotopic (exact) mass is 387 g/mol. The van der Waals surface area contributed by atoms with Gasteiger partial charge in [0.25, 0.3) is 6.47 Å². The molecular formula is C20H25N3O3S. The molecule has 0 spiro atoms. The van der Waals surface area contributed by atoms with E-state index < -0.39 is 0 Å². The fourth-order valence-electron chi connectivity index (χ4n) is 3.58. The molecule has 1 saturated heterocycles. The van der Waals surface area contributed by atoms with E-state index >= 15 is 0 Å². The van der Waals surface area contributed by atoms with Gasteiger partial charge in [-0.05, 0) is 61.8 Å². The van der Waals surface area contributed by atoms with Crippen LogP contribution in [-0.4, -0.2) is 44.1 Å². The number of aryl methyl sites for hydroxylation is 1. The maximum absolute atomic E-state index is 10.5. The Morgan fingerprint density at radius 2 is 2.04 bits per heavy atom. The molecule has 0 amide bonds. The van der Waals surface area contributed by atoms with Crippen LogP contribution in [0.2, 0.25) is 0 Å². The number of rotatable bonds is 4. The lowest BCUT2D eigenvalue weighted by atomic mass is 9.90. The fourth-order valence-corrected chi connectivity index (χ4v) is 4.38. The van der Waals surface area contributed by atoms with Crippen LogP contribution in [0.1, 0.15) is 35.1 Å². The summed E-state index contributed by atoms with van der Waals surface area (Å²) in [6, 6.07) is 8.23. The molecule has 1 atom stereocenters. The van der Waals surface area contributed by atoms with Gasteiger partial charge in [-0.15, -0.1) is 11.3 Å². The Morgan fingerprint density at radius 3 is 2.70 bits per heavy atom. The Balaban J connectivity index is 0.000000659. The second-order valence-corrected chi connectivity index (χ2v) is 7.86. The molecule has 1 aliphatic rings. The van der Waals surface area contributed by atoms with Crippen LogP contribution in [0.4, 0.5) is 0 Å². The van der Waals surface area contributed by atoms with Gasteiger partial charge in [0.05, 0.1) is 11.8 Å². The van der Waals surface area contributed by atoms with Gasteiger partial charge in [0, 0.05) is 23.8 Å². The van der Waals surface area contributed by atoms with Gasteiger partial charge < -0.3 is 14.6 Å². The molecule has 0 aliphatic carbocycles. The molecule has 0 bridgehead atoms. The standard InChI is InChI=1S/C19H23N3OS.CH2O2/c1-14-4-5-18-20-16(13-22(18)11-14)12-21-8-6-15(7-9-21)19(23)17-3-2-10-24-17;2-1-3/h2-5,10-11,13,15,19,23H,6-9,12H2,1H3;1H,(H,2,3). The Labute approximate surface area is 162 Å². The number of hydrogen-bond donors (Lipinski definition) is 2. The second kappa shape index (κ2) is 9.12. The summed E-state index contributed by atoms with van der Waals surface area (Å²) >= 11 is 1.66. The molecule has 3 aromatic heterocycles. The minimum Gasteiger partial charge on any atom is -0.483 e. The summed E-state index contributed by atoms with van der Waals surface area (Å²) in [6.45, 7) is 4.80. The first kappa shape index (κ1) is 19.5. The fraction of sp³-hybridized carbons (Fsp3) is 0.400. The highest BCUT2D eigenvalue weighted by Crippen LogP contribution is 2.33. The van der Waals surface area contributed by atoms with Crippen molar-refractivity contribution in [3.05, 3.63) is 58.2 Å². The normalized spacial score (nSPS) is 16.7. The molecule has 4 rings (SSSR count). The minimum absolute atomic E-state index is 0.250. The van der Waals surface area contributed by atoms with Crippen LogP contribution < -0.4 is 0 Å². The second-order valence-electron chi connectivity index (χ2n) is 6.88.